The Bertz CT molecular complexity index is 197. The molecule has 0 radical (unpaired) electrons. The Labute approximate surface area is 121 Å². The van der Waals surface area contributed by atoms with Crippen LogP contribution in [0.15, 0.2) is 0 Å². The lowest BCUT2D eigenvalue weighted by molar-refractivity contribution is 0.173. The van der Waals surface area contributed by atoms with Crippen molar-refractivity contribution in [3.63, 3.8) is 0 Å². The third kappa shape index (κ3) is 7.31. The van der Waals surface area contributed by atoms with Crippen molar-refractivity contribution in [2.45, 2.75) is 89.6 Å². The minimum Gasteiger partial charge on any atom is -0.317 e. The van der Waals surface area contributed by atoms with Crippen molar-refractivity contribution < 1.29 is 0 Å². The number of nitrogens with one attached hydrogen (secondary N) is 1. The molecule has 19 heavy (non-hydrogen) atoms. The fourth-order valence-corrected chi connectivity index (χ4v) is 3.31. The maximum atomic E-state index is 3.42. The van der Waals surface area contributed by atoms with Crippen LogP contribution in [0.2, 0.25) is 0 Å². The van der Waals surface area contributed by atoms with Crippen LogP contribution in [0, 0.1) is 0 Å². The van der Waals surface area contributed by atoms with Crippen LogP contribution >= 0.6 is 0 Å². The molecule has 1 aliphatic carbocycles. The van der Waals surface area contributed by atoms with E-state index in [1.807, 2.05) is 0 Å². The number of nitrogens with zero attached hydrogens (tertiary/aromatic N) is 1. The van der Waals surface area contributed by atoms with Gasteiger partial charge >= 0.3 is 0 Å². The molecule has 0 amide bonds. The van der Waals surface area contributed by atoms with Gasteiger partial charge in [-0.1, -0.05) is 45.4 Å². The lowest BCUT2D eigenvalue weighted by Gasteiger charge is -2.34. The van der Waals surface area contributed by atoms with E-state index in [1.165, 1.54) is 77.2 Å². The summed E-state index contributed by atoms with van der Waals surface area (Å²) in [6.45, 7) is 3.60. The molecule has 0 saturated heterocycles. The van der Waals surface area contributed by atoms with Gasteiger partial charge in [-0.2, -0.15) is 0 Å². The highest BCUT2D eigenvalue weighted by molar-refractivity contribution is 4.80. The lowest BCUT2D eigenvalue weighted by atomic mass is 9.90. The Morgan fingerprint density at radius 1 is 0.895 bits per heavy atom. The van der Waals surface area contributed by atoms with E-state index in [1.54, 1.807) is 0 Å². The first-order chi connectivity index (χ1) is 9.27. The molecule has 114 valence electrons. The predicted molar refractivity (Wildman–Crippen MR) is 85.7 cm³/mol. The van der Waals surface area contributed by atoms with Crippen LogP contribution in [0.3, 0.4) is 0 Å². The Hall–Kier alpha value is -0.0800. The summed E-state index contributed by atoms with van der Waals surface area (Å²) in [6.07, 6.45) is 15.5. The molecular weight excluding hydrogens is 232 g/mol. The van der Waals surface area contributed by atoms with Crippen molar-refractivity contribution >= 4 is 0 Å². The number of hydrogen-bond acceptors (Lipinski definition) is 2. The molecule has 0 aliphatic heterocycles. The molecule has 0 aromatic heterocycles. The van der Waals surface area contributed by atoms with Gasteiger partial charge in [0.2, 0.25) is 0 Å². The summed E-state index contributed by atoms with van der Waals surface area (Å²) in [7, 11) is 4.44. The molecule has 0 aromatic rings. The van der Waals surface area contributed by atoms with Crippen molar-refractivity contribution in [1.29, 1.82) is 0 Å². The number of unbranched alkanes of at least 4 members (excludes halogenated alkanes) is 6. The first kappa shape index (κ1) is 17.0. The number of rotatable bonds is 10. The molecule has 0 bridgehead atoms. The highest BCUT2D eigenvalue weighted by Gasteiger charge is 2.22. The van der Waals surface area contributed by atoms with Crippen molar-refractivity contribution in [2.75, 3.05) is 20.6 Å². The van der Waals surface area contributed by atoms with Crippen molar-refractivity contribution in [2.24, 2.45) is 0 Å². The predicted octanol–water partition coefficient (Wildman–Crippen LogP) is 4.20. The second kappa shape index (κ2) is 10.7. The Kier molecular flexibility index (Phi) is 9.54. The van der Waals surface area contributed by atoms with Gasteiger partial charge in [0, 0.05) is 12.1 Å². The minimum absolute atomic E-state index is 0.781. The minimum atomic E-state index is 0.781. The molecule has 1 fully saturated rings. The van der Waals surface area contributed by atoms with Gasteiger partial charge in [-0.3, -0.25) is 0 Å². The third-order valence-corrected chi connectivity index (χ3v) is 4.84. The van der Waals surface area contributed by atoms with Crippen LogP contribution in [0.5, 0.6) is 0 Å². The van der Waals surface area contributed by atoms with Gasteiger partial charge in [-0.25, -0.2) is 0 Å². The Morgan fingerprint density at radius 3 is 2.05 bits per heavy atom. The fourth-order valence-electron chi connectivity index (χ4n) is 3.31. The zero-order valence-electron chi connectivity index (χ0n) is 13.6. The molecule has 2 heteroatoms. The third-order valence-electron chi connectivity index (χ3n) is 4.84. The van der Waals surface area contributed by atoms with Gasteiger partial charge < -0.3 is 10.2 Å². The first-order valence-electron chi connectivity index (χ1n) is 8.65. The van der Waals surface area contributed by atoms with Gasteiger partial charge in [0.05, 0.1) is 0 Å². The highest BCUT2D eigenvalue weighted by atomic mass is 15.1. The van der Waals surface area contributed by atoms with Gasteiger partial charge in [0.25, 0.3) is 0 Å². The van der Waals surface area contributed by atoms with Crippen LogP contribution in [0.4, 0.5) is 0 Å². The quantitative estimate of drug-likeness (QED) is 0.597. The van der Waals surface area contributed by atoms with Crippen LogP contribution in [0.25, 0.3) is 0 Å². The second-order valence-electron chi connectivity index (χ2n) is 6.40. The molecule has 1 saturated carbocycles. The Morgan fingerprint density at radius 2 is 1.47 bits per heavy atom. The maximum absolute atomic E-state index is 3.42. The average Bonchev–Trinajstić information content (AvgIpc) is 2.46. The summed E-state index contributed by atoms with van der Waals surface area (Å²) < 4.78 is 0. The van der Waals surface area contributed by atoms with E-state index in [0.717, 1.165) is 12.1 Å². The van der Waals surface area contributed by atoms with E-state index >= 15 is 0 Å². The van der Waals surface area contributed by atoms with Gasteiger partial charge in [-0.15, -0.1) is 0 Å². The van der Waals surface area contributed by atoms with Gasteiger partial charge in [0.15, 0.2) is 0 Å². The highest BCUT2D eigenvalue weighted by Crippen LogP contribution is 2.22. The molecule has 0 heterocycles. The lowest BCUT2D eigenvalue weighted by Crippen LogP contribution is -2.40. The summed E-state index contributed by atoms with van der Waals surface area (Å²) in [5, 5.41) is 3.42. The molecule has 1 N–H and O–H groups in total. The maximum Gasteiger partial charge on any atom is 0.00933 e. The molecule has 0 spiro atoms. The molecule has 1 aliphatic rings. The fraction of sp³-hybridized carbons (Fsp3) is 1.00. The molecule has 1 rings (SSSR count). The van der Waals surface area contributed by atoms with Gasteiger partial charge in [-0.05, 0) is 52.7 Å². The zero-order chi connectivity index (χ0) is 13.9. The number of hydrogen-bond donors (Lipinski definition) is 1. The summed E-state index contributed by atoms with van der Waals surface area (Å²) in [5.74, 6) is 0. The summed E-state index contributed by atoms with van der Waals surface area (Å²) in [4.78, 5) is 2.62. The van der Waals surface area contributed by atoms with Crippen LogP contribution < -0.4 is 5.32 Å². The van der Waals surface area contributed by atoms with Crippen molar-refractivity contribution in [3.8, 4) is 0 Å². The zero-order valence-corrected chi connectivity index (χ0v) is 13.6. The van der Waals surface area contributed by atoms with Crippen LogP contribution in [0.1, 0.15) is 77.6 Å². The largest absolute Gasteiger partial charge is 0.317 e. The average molecular weight is 268 g/mol. The normalized spacial score (nSPS) is 24.0. The van der Waals surface area contributed by atoms with E-state index in [0.29, 0.717) is 0 Å². The molecule has 0 atom stereocenters. The van der Waals surface area contributed by atoms with Gasteiger partial charge in [0.1, 0.15) is 0 Å². The molecule has 0 aromatic carbocycles. The van der Waals surface area contributed by atoms with E-state index in [4.69, 9.17) is 0 Å². The second-order valence-corrected chi connectivity index (χ2v) is 6.40. The van der Waals surface area contributed by atoms with E-state index in [2.05, 4.69) is 31.2 Å². The Balaban J connectivity index is 1.97. The van der Waals surface area contributed by atoms with Crippen LogP contribution in [-0.2, 0) is 0 Å². The van der Waals surface area contributed by atoms with E-state index in [9.17, 15) is 0 Å². The van der Waals surface area contributed by atoms with E-state index < -0.39 is 0 Å². The monoisotopic (exact) mass is 268 g/mol. The van der Waals surface area contributed by atoms with Crippen molar-refractivity contribution in [1.82, 2.24) is 10.2 Å². The topological polar surface area (TPSA) is 15.3 Å². The SMILES string of the molecule is CCCCCCCCCN(C)C1CCC(NC)CC1. The molecule has 2 nitrogen and oxygen atoms in total. The summed E-state index contributed by atoms with van der Waals surface area (Å²) in [6, 6.07) is 1.63. The summed E-state index contributed by atoms with van der Waals surface area (Å²) in [5.41, 5.74) is 0. The summed E-state index contributed by atoms with van der Waals surface area (Å²) >= 11 is 0. The molecular formula is C17H36N2. The van der Waals surface area contributed by atoms with E-state index in [-0.39, 0.29) is 0 Å². The smallest absolute Gasteiger partial charge is 0.00933 e. The standard InChI is InChI=1S/C17H36N2/c1-4-5-6-7-8-9-10-15-19(3)17-13-11-16(18-2)12-14-17/h16-18H,4-15H2,1-3H3. The van der Waals surface area contributed by atoms with Crippen molar-refractivity contribution in [3.05, 3.63) is 0 Å². The molecule has 0 unspecified atom stereocenters. The first-order valence-corrected chi connectivity index (χ1v) is 8.65. The van der Waals surface area contributed by atoms with Crippen LogP contribution in [-0.4, -0.2) is 37.6 Å².